The largest absolute Gasteiger partial charge is 0.371 e. The number of rotatable bonds is 8. The molecule has 1 atom stereocenters. The molecule has 1 aliphatic heterocycles. The van der Waals surface area contributed by atoms with E-state index in [4.69, 9.17) is 11.6 Å². The first-order valence-corrected chi connectivity index (χ1v) is 11.2. The number of amides is 2. The third-order valence-electron chi connectivity index (χ3n) is 5.41. The first-order chi connectivity index (χ1) is 14.6. The van der Waals surface area contributed by atoms with Crippen molar-refractivity contribution in [3.05, 3.63) is 59.7 Å². The minimum Gasteiger partial charge on any atom is -0.371 e. The van der Waals surface area contributed by atoms with Gasteiger partial charge in [0.2, 0.25) is 5.91 Å². The summed E-state index contributed by atoms with van der Waals surface area (Å²) in [4.78, 5) is 27.6. The molecule has 0 radical (unpaired) electrons. The van der Waals surface area contributed by atoms with E-state index < -0.39 is 0 Å². The van der Waals surface area contributed by atoms with Gasteiger partial charge in [-0.1, -0.05) is 30.3 Å². The summed E-state index contributed by atoms with van der Waals surface area (Å²) >= 11 is 5.68. The molecule has 1 saturated heterocycles. The Balaban J connectivity index is 1.82. The van der Waals surface area contributed by atoms with Crippen LogP contribution in [0.5, 0.6) is 0 Å². The van der Waals surface area contributed by atoms with E-state index in [9.17, 15) is 9.59 Å². The summed E-state index contributed by atoms with van der Waals surface area (Å²) in [5, 5.41) is 6.00. The SMILES string of the molecule is CC(NC(=O)c1cc(NC(=O)CCCCl)ccc1N1CCCCC1)c1ccccc1. The highest BCUT2D eigenvalue weighted by Crippen LogP contribution is 2.28. The Morgan fingerprint density at radius 2 is 1.80 bits per heavy atom. The number of nitrogens with zero attached hydrogens (tertiary/aromatic N) is 1. The molecule has 3 rings (SSSR count). The summed E-state index contributed by atoms with van der Waals surface area (Å²) in [6, 6.07) is 15.4. The lowest BCUT2D eigenvalue weighted by Gasteiger charge is -2.31. The zero-order chi connectivity index (χ0) is 21.3. The van der Waals surface area contributed by atoms with Crippen molar-refractivity contribution in [2.75, 3.05) is 29.2 Å². The number of halogens is 1. The Morgan fingerprint density at radius 3 is 2.50 bits per heavy atom. The molecule has 2 amide bonds. The maximum Gasteiger partial charge on any atom is 0.253 e. The average Bonchev–Trinajstić information content (AvgIpc) is 2.78. The van der Waals surface area contributed by atoms with Crippen molar-refractivity contribution in [2.45, 2.75) is 45.1 Å². The number of piperidine rings is 1. The van der Waals surface area contributed by atoms with E-state index in [-0.39, 0.29) is 17.9 Å². The fourth-order valence-corrected chi connectivity index (χ4v) is 3.89. The molecule has 0 aromatic heterocycles. The van der Waals surface area contributed by atoms with Gasteiger partial charge in [0.1, 0.15) is 0 Å². The Kier molecular flexibility index (Phi) is 8.14. The number of benzene rings is 2. The number of carbonyl (C=O) groups excluding carboxylic acids is 2. The van der Waals surface area contributed by atoms with Crippen molar-refractivity contribution < 1.29 is 9.59 Å². The van der Waals surface area contributed by atoms with Crippen LogP contribution < -0.4 is 15.5 Å². The highest BCUT2D eigenvalue weighted by Gasteiger charge is 2.21. The van der Waals surface area contributed by atoms with E-state index in [1.165, 1.54) is 6.42 Å². The third kappa shape index (κ3) is 5.99. The molecule has 0 saturated carbocycles. The molecule has 5 nitrogen and oxygen atoms in total. The average molecular weight is 428 g/mol. The zero-order valence-electron chi connectivity index (χ0n) is 17.5. The lowest BCUT2D eigenvalue weighted by atomic mass is 10.0. The predicted molar refractivity (Wildman–Crippen MR) is 123 cm³/mol. The molecule has 2 aromatic rings. The molecule has 1 heterocycles. The number of hydrogen-bond donors (Lipinski definition) is 2. The van der Waals surface area contributed by atoms with Gasteiger partial charge in [0.15, 0.2) is 0 Å². The van der Waals surface area contributed by atoms with Crippen LogP contribution in [0.3, 0.4) is 0 Å². The predicted octanol–water partition coefficient (Wildman–Crippen LogP) is 5.13. The minimum absolute atomic E-state index is 0.0922. The molecule has 0 bridgehead atoms. The van der Waals surface area contributed by atoms with E-state index in [1.807, 2.05) is 49.4 Å². The first kappa shape index (κ1) is 22.2. The lowest BCUT2D eigenvalue weighted by Crippen LogP contribution is -2.33. The van der Waals surface area contributed by atoms with E-state index >= 15 is 0 Å². The quantitative estimate of drug-likeness (QED) is 0.574. The Morgan fingerprint density at radius 1 is 1.07 bits per heavy atom. The second-order valence-corrected chi connectivity index (χ2v) is 8.10. The summed E-state index contributed by atoms with van der Waals surface area (Å²) < 4.78 is 0. The fourth-order valence-electron chi connectivity index (χ4n) is 3.76. The van der Waals surface area contributed by atoms with Gasteiger partial charge in [0.25, 0.3) is 5.91 Å². The van der Waals surface area contributed by atoms with Crippen LogP contribution in [0.25, 0.3) is 0 Å². The van der Waals surface area contributed by atoms with Gasteiger partial charge in [-0.25, -0.2) is 0 Å². The number of alkyl halides is 1. The highest BCUT2D eigenvalue weighted by molar-refractivity contribution is 6.18. The van der Waals surface area contributed by atoms with Gasteiger partial charge >= 0.3 is 0 Å². The molecular weight excluding hydrogens is 398 g/mol. The molecule has 0 aliphatic carbocycles. The van der Waals surface area contributed by atoms with Gasteiger partial charge in [-0.3, -0.25) is 9.59 Å². The minimum atomic E-state index is -0.135. The molecular formula is C24H30ClN3O2. The first-order valence-electron chi connectivity index (χ1n) is 10.7. The van der Waals surface area contributed by atoms with Crippen LogP contribution in [-0.4, -0.2) is 30.8 Å². The lowest BCUT2D eigenvalue weighted by molar-refractivity contribution is -0.116. The normalized spacial score (nSPS) is 14.8. The summed E-state index contributed by atoms with van der Waals surface area (Å²) in [5.41, 5.74) is 3.20. The van der Waals surface area contributed by atoms with Crippen molar-refractivity contribution in [3.63, 3.8) is 0 Å². The molecule has 160 valence electrons. The van der Waals surface area contributed by atoms with Gasteiger partial charge in [-0.2, -0.15) is 0 Å². The van der Waals surface area contributed by atoms with E-state index in [0.29, 0.717) is 30.0 Å². The third-order valence-corrected chi connectivity index (χ3v) is 5.67. The number of nitrogens with one attached hydrogen (secondary N) is 2. The number of anilines is 2. The van der Waals surface area contributed by atoms with Crippen molar-refractivity contribution in [2.24, 2.45) is 0 Å². The van der Waals surface area contributed by atoms with E-state index in [1.54, 1.807) is 6.07 Å². The van der Waals surface area contributed by atoms with Crippen LogP contribution in [0.1, 0.15) is 61.0 Å². The standard InChI is InChI=1S/C24H30ClN3O2/c1-18(19-9-4-2-5-10-19)26-24(30)21-17-20(27-23(29)11-8-14-25)12-13-22(21)28-15-6-3-7-16-28/h2,4-5,9-10,12-13,17-18H,3,6-8,11,14-16H2,1H3,(H,26,30)(H,27,29). The van der Waals surface area contributed by atoms with Crippen LogP contribution >= 0.6 is 11.6 Å². The van der Waals surface area contributed by atoms with Crippen LogP contribution in [0.15, 0.2) is 48.5 Å². The van der Waals surface area contributed by atoms with Crippen molar-refractivity contribution in [1.29, 1.82) is 0 Å². The number of carbonyl (C=O) groups is 2. The van der Waals surface area contributed by atoms with E-state index in [0.717, 1.165) is 37.2 Å². The Bertz CT molecular complexity index is 851. The van der Waals surface area contributed by atoms with Crippen LogP contribution in [0.4, 0.5) is 11.4 Å². The van der Waals surface area contributed by atoms with Crippen molar-refractivity contribution in [1.82, 2.24) is 5.32 Å². The van der Waals surface area contributed by atoms with Crippen molar-refractivity contribution in [3.8, 4) is 0 Å². The molecule has 2 aromatic carbocycles. The monoisotopic (exact) mass is 427 g/mol. The second kappa shape index (κ2) is 11.0. The fraction of sp³-hybridized carbons (Fsp3) is 0.417. The molecule has 1 unspecified atom stereocenters. The Hall–Kier alpha value is -2.53. The smallest absolute Gasteiger partial charge is 0.253 e. The van der Waals surface area contributed by atoms with Crippen molar-refractivity contribution >= 4 is 34.8 Å². The Labute approximate surface area is 183 Å². The molecule has 1 aliphatic rings. The summed E-state index contributed by atoms with van der Waals surface area (Å²) in [6.07, 6.45) is 4.46. The molecule has 2 N–H and O–H groups in total. The summed E-state index contributed by atoms with van der Waals surface area (Å²) in [6.45, 7) is 3.86. The van der Waals surface area contributed by atoms with Crippen LogP contribution in [0, 0.1) is 0 Å². The summed E-state index contributed by atoms with van der Waals surface area (Å²) in [7, 11) is 0. The van der Waals surface area contributed by atoms with Crippen LogP contribution in [0.2, 0.25) is 0 Å². The van der Waals surface area contributed by atoms with Gasteiger partial charge < -0.3 is 15.5 Å². The maximum absolute atomic E-state index is 13.2. The molecule has 1 fully saturated rings. The summed E-state index contributed by atoms with van der Waals surface area (Å²) in [5.74, 6) is 0.223. The van der Waals surface area contributed by atoms with Gasteiger partial charge in [0, 0.05) is 36.8 Å². The van der Waals surface area contributed by atoms with Gasteiger partial charge in [-0.15, -0.1) is 11.6 Å². The van der Waals surface area contributed by atoms with Gasteiger partial charge in [-0.05, 0) is 56.4 Å². The topological polar surface area (TPSA) is 61.4 Å². The molecule has 6 heteroatoms. The molecule has 30 heavy (non-hydrogen) atoms. The maximum atomic E-state index is 13.2. The molecule has 0 spiro atoms. The number of hydrogen-bond acceptors (Lipinski definition) is 3. The zero-order valence-corrected chi connectivity index (χ0v) is 18.3. The van der Waals surface area contributed by atoms with Gasteiger partial charge in [0.05, 0.1) is 11.6 Å². The highest BCUT2D eigenvalue weighted by atomic mass is 35.5. The van der Waals surface area contributed by atoms with Crippen LogP contribution in [-0.2, 0) is 4.79 Å². The second-order valence-electron chi connectivity index (χ2n) is 7.73. The van der Waals surface area contributed by atoms with E-state index in [2.05, 4.69) is 15.5 Å².